The first-order valence-electron chi connectivity index (χ1n) is 5.90. The molecule has 2 rings (SSSR count). The Bertz CT molecular complexity index is 662. The van der Waals surface area contributed by atoms with Crippen LogP contribution in [0.15, 0.2) is 23.4 Å². The monoisotopic (exact) mass is 328 g/mol. The van der Waals surface area contributed by atoms with Gasteiger partial charge in [-0.25, -0.2) is 4.68 Å². The summed E-state index contributed by atoms with van der Waals surface area (Å²) in [6, 6.07) is 5.43. The van der Waals surface area contributed by atoms with Crippen molar-refractivity contribution in [3.8, 4) is 5.75 Å². The molecule has 21 heavy (non-hydrogen) atoms. The molecule has 0 aliphatic rings. The van der Waals surface area contributed by atoms with Crippen LogP contribution in [0.25, 0.3) is 0 Å². The van der Waals surface area contributed by atoms with Crippen molar-refractivity contribution >= 4 is 29.3 Å². The molecule has 0 unspecified atom stereocenters. The molecule has 0 amide bonds. The first kappa shape index (κ1) is 15.5. The molecule has 2 aromatic rings. The average molecular weight is 329 g/mol. The number of rotatable bonds is 6. The fraction of sp³-hybridized carbons (Fsp3) is 0.250. The molecule has 7 nitrogen and oxygen atoms in total. The number of hydrogen-bond acceptors (Lipinski definition) is 6. The SMILES string of the molecule is Cc1ccc(Cl)c(OCc2nnc(SCC(=O)O)n2N)c1. The second-order valence-electron chi connectivity index (χ2n) is 4.17. The van der Waals surface area contributed by atoms with E-state index in [2.05, 4.69) is 10.2 Å². The third-order valence-corrected chi connectivity index (χ3v) is 3.74. The molecule has 1 aromatic heterocycles. The number of aromatic nitrogens is 3. The molecule has 1 heterocycles. The lowest BCUT2D eigenvalue weighted by Crippen LogP contribution is -2.16. The normalized spacial score (nSPS) is 10.6. The predicted octanol–water partition coefficient (Wildman–Crippen LogP) is 1.71. The van der Waals surface area contributed by atoms with Gasteiger partial charge in [0.15, 0.2) is 5.82 Å². The maximum absolute atomic E-state index is 10.5. The molecular weight excluding hydrogens is 316 g/mol. The van der Waals surface area contributed by atoms with E-state index in [4.69, 9.17) is 27.3 Å². The van der Waals surface area contributed by atoms with Gasteiger partial charge in [0.2, 0.25) is 5.16 Å². The lowest BCUT2D eigenvalue weighted by atomic mass is 10.2. The standard InChI is InChI=1S/C12H13ClN4O3S/c1-7-2-3-8(13)9(4-7)20-5-10-15-16-12(17(10)14)21-6-11(18)19/h2-4H,5-6,14H2,1H3,(H,18,19). The van der Waals surface area contributed by atoms with E-state index in [0.717, 1.165) is 17.3 Å². The molecule has 0 bridgehead atoms. The van der Waals surface area contributed by atoms with Crippen molar-refractivity contribution < 1.29 is 14.6 Å². The van der Waals surface area contributed by atoms with Crippen molar-refractivity contribution in [3.63, 3.8) is 0 Å². The number of carboxylic acid groups (broad SMARTS) is 1. The zero-order valence-electron chi connectivity index (χ0n) is 11.1. The second-order valence-corrected chi connectivity index (χ2v) is 5.52. The Balaban J connectivity index is 2.03. The van der Waals surface area contributed by atoms with Crippen LogP contribution in [0.4, 0.5) is 0 Å². The highest BCUT2D eigenvalue weighted by Gasteiger charge is 2.13. The smallest absolute Gasteiger partial charge is 0.313 e. The topological polar surface area (TPSA) is 103 Å². The van der Waals surface area contributed by atoms with Crippen molar-refractivity contribution in [2.24, 2.45) is 0 Å². The van der Waals surface area contributed by atoms with Gasteiger partial charge in [0.25, 0.3) is 0 Å². The largest absolute Gasteiger partial charge is 0.484 e. The van der Waals surface area contributed by atoms with Gasteiger partial charge in [-0.15, -0.1) is 10.2 Å². The summed E-state index contributed by atoms with van der Waals surface area (Å²) in [4.78, 5) is 10.5. The number of thioether (sulfide) groups is 1. The first-order valence-corrected chi connectivity index (χ1v) is 7.26. The van der Waals surface area contributed by atoms with Crippen molar-refractivity contribution in [1.29, 1.82) is 0 Å². The minimum atomic E-state index is -0.952. The highest BCUT2D eigenvalue weighted by atomic mass is 35.5. The van der Waals surface area contributed by atoms with Gasteiger partial charge in [0, 0.05) is 0 Å². The summed E-state index contributed by atoms with van der Waals surface area (Å²) >= 11 is 7.01. The number of benzene rings is 1. The molecule has 1 aromatic carbocycles. The molecule has 0 saturated carbocycles. The van der Waals surface area contributed by atoms with Gasteiger partial charge in [-0.05, 0) is 24.6 Å². The quantitative estimate of drug-likeness (QED) is 0.614. The number of aliphatic carboxylic acids is 1. The lowest BCUT2D eigenvalue weighted by Gasteiger charge is -2.08. The van der Waals surface area contributed by atoms with Crippen LogP contribution in [0.5, 0.6) is 5.75 Å². The number of halogens is 1. The molecule has 0 atom stereocenters. The number of aryl methyl sites for hydroxylation is 1. The Labute approximate surface area is 130 Å². The van der Waals surface area contributed by atoms with E-state index in [1.54, 1.807) is 12.1 Å². The van der Waals surface area contributed by atoms with Crippen LogP contribution in [0.3, 0.4) is 0 Å². The predicted molar refractivity (Wildman–Crippen MR) is 79.1 cm³/mol. The summed E-state index contributed by atoms with van der Waals surface area (Å²) in [6.45, 7) is 2.01. The van der Waals surface area contributed by atoms with Gasteiger partial charge < -0.3 is 15.7 Å². The number of nitrogens with zero attached hydrogens (tertiary/aromatic N) is 3. The van der Waals surface area contributed by atoms with Gasteiger partial charge >= 0.3 is 5.97 Å². The third kappa shape index (κ3) is 4.02. The zero-order valence-corrected chi connectivity index (χ0v) is 12.7. The summed E-state index contributed by atoms with van der Waals surface area (Å²) < 4.78 is 6.77. The van der Waals surface area contributed by atoms with E-state index in [-0.39, 0.29) is 12.4 Å². The van der Waals surface area contributed by atoms with Crippen LogP contribution < -0.4 is 10.6 Å². The molecule has 0 spiro atoms. The highest BCUT2D eigenvalue weighted by molar-refractivity contribution is 7.99. The van der Waals surface area contributed by atoms with Gasteiger partial charge in [-0.1, -0.05) is 29.4 Å². The van der Waals surface area contributed by atoms with Crippen molar-refractivity contribution in [1.82, 2.24) is 14.9 Å². The van der Waals surface area contributed by atoms with E-state index >= 15 is 0 Å². The molecule has 0 fully saturated rings. The Kier molecular flexibility index (Phi) is 4.92. The summed E-state index contributed by atoms with van der Waals surface area (Å²) in [5.41, 5.74) is 1.02. The summed E-state index contributed by atoms with van der Waals surface area (Å²) in [7, 11) is 0. The van der Waals surface area contributed by atoms with E-state index in [1.165, 1.54) is 4.68 Å². The highest BCUT2D eigenvalue weighted by Crippen LogP contribution is 2.26. The molecule has 0 aliphatic carbocycles. The minimum absolute atomic E-state index is 0.0836. The van der Waals surface area contributed by atoms with E-state index in [0.29, 0.717) is 21.8 Å². The second kappa shape index (κ2) is 6.68. The van der Waals surface area contributed by atoms with Gasteiger partial charge in [0.1, 0.15) is 12.4 Å². The Morgan fingerprint density at radius 2 is 2.29 bits per heavy atom. The van der Waals surface area contributed by atoms with E-state index in [9.17, 15) is 4.79 Å². The van der Waals surface area contributed by atoms with Crippen molar-refractivity contribution in [2.45, 2.75) is 18.7 Å². The van der Waals surface area contributed by atoms with Gasteiger partial charge in [-0.3, -0.25) is 4.79 Å². The maximum atomic E-state index is 10.5. The molecule has 0 saturated heterocycles. The lowest BCUT2D eigenvalue weighted by molar-refractivity contribution is -0.133. The number of ether oxygens (including phenoxy) is 1. The molecule has 112 valence electrons. The summed E-state index contributed by atoms with van der Waals surface area (Å²) in [6.07, 6.45) is 0. The first-order chi connectivity index (χ1) is 9.97. The van der Waals surface area contributed by atoms with Crippen molar-refractivity contribution in [3.05, 3.63) is 34.6 Å². The van der Waals surface area contributed by atoms with Crippen LogP contribution in [-0.4, -0.2) is 31.7 Å². The number of nitrogen functional groups attached to an aromatic ring is 1. The molecule has 3 N–H and O–H groups in total. The fourth-order valence-electron chi connectivity index (χ4n) is 1.49. The summed E-state index contributed by atoms with van der Waals surface area (Å²) in [5, 5.41) is 17.1. The Morgan fingerprint density at radius 3 is 3.00 bits per heavy atom. The fourth-order valence-corrected chi connectivity index (χ4v) is 2.26. The number of hydrogen-bond donors (Lipinski definition) is 2. The third-order valence-electron chi connectivity index (χ3n) is 2.50. The van der Waals surface area contributed by atoms with Gasteiger partial charge in [-0.2, -0.15) is 0 Å². The number of carbonyl (C=O) groups is 1. The van der Waals surface area contributed by atoms with Gasteiger partial charge in [0.05, 0.1) is 10.8 Å². The maximum Gasteiger partial charge on any atom is 0.313 e. The summed E-state index contributed by atoms with van der Waals surface area (Å²) in [5.74, 6) is 5.60. The number of carboxylic acids is 1. The van der Waals surface area contributed by atoms with Crippen LogP contribution in [0.1, 0.15) is 11.4 Å². The molecule has 0 aliphatic heterocycles. The zero-order chi connectivity index (χ0) is 15.4. The molecule has 0 radical (unpaired) electrons. The minimum Gasteiger partial charge on any atom is -0.484 e. The Morgan fingerprint density at radius 1 is 1.52 bits per heavy atom. The van der Waals surface area contributed by atoms with Crippen LogP contribution in [-0.2, 0) is 11.4 Å². The van der Waals surface area contributed by atoms with Crippen molar-refractivity contribution in [2.75, 3.05) is 11.6 Å². The van der Waals surface area contributed by atoms with Crippen LogP contribution in [0, 0.1) is 6.92 Å². The van der Waals surface area contributed by atoms with Crippen LogP contribution >= 0.6 is 23.4 Å². The molecular formula is C12H13ClN4O3S. The molecule has 9 heteroatoms. The van der Waals surface area contributed by atoms with Crippen LogP contribution in [0.2, 0.25) is 5.02 Å². The van der Waals surface area contributed by atoms with E-state index in [1.807, 2.05) is 13.0 Å². The van der Waals surface area contributed by atoms with E-state index < -0.39 is 5.97 Å². The average Bonchev–Trinajstić information content (AvgIpc) is 2.78. The Hall–Kier alpha value is -1.93. The number of nitrogens with two attached hydrogens (primary N) is 1.